The first-order valence-corrected chi connectivity index (χ1v) is 7.31. The summed E-state index contributed by atoms with van der Waals surface area (Å²) in [5, 5.41) is 5.93. The van der Waals surface area contributed by atoms with Crippen molar-refractivity contribution in [3.63, 3.8) is 0 Å². The summed E-state index contributed by atoms with van der Waals surface area (Å²) in [6, 6.07) is 13.1. The van der Waals surface area contributed by atoms with Crippen LogP contribution in [0.3, 0.4) is 0 Å². The zero-order valence-electron chi connectivity index (χ0n) is 12.2. The lowest BCUT2D eigenvalue weighted by atomic mass is 10.1. The number of pyridine rings is 1. The van der Waals surface area contributed by atoms with E-state index in [2.05, 4.69) is 15.6 Å². The Balaban J connectivity index is 1.87. The SMILES string of the molecule is Cc1cc(NC(=O)Nc2cccc(Cl)c2F)c2ccccc2n1. The maximum Gasteiger partial charge on any atom is 0.323 e. The van der Waals surface area contributed by atoms with E-state index in [-0.39, 0.29) is 10.7 Å². The fraction of sp³-hybridized carbons (Fsp3) is 0.0588. The van der Waals surface area contributed by atoms with Crippen molar-refractivity contribution in [2.45, 2.75) is 6.92 Å². The normalized spacial score (nSPS) is 10.6. The fourth-order valence-electron chi connectivity index (χ4n) is 2.29. The van der Waals surface area contributed by atoms with E-state index in [1.165, 1.54) is 12.1 Å². The van der Waals surface area contributed by atoms with Gasteiger partial charge in [-0.2, -0.15) is 0 Å². The molecule has 0 aliphatic carbocycles. The topological polar surface area (TPSA) is 54.0 Å². The smallest absolute Gasteiger partial charge is 0.307 e. The number of benzene rings is 2. The Hall–Kier alpha value is -2.66. The highest BCUT2D eigenvalue weighted by atomic mass is 35.5. The van der Waals surface area contributed by atoms with E-state index in [4.69, 9.17) is 11.6 Å². The van der Waals surface area contributed by atoms with Gasteiger partial charge in [-0.1, -0.05) is 35.9 Å². The van der Waals surface area contributed by atoms with Gasteiger partial charge in [-0.25, -0.2) is 9.18 Å². The number of aryl methyl sites for hydroxylation is 1. The van der Waals surface area contributed by atoms with Crippen molar-refractivity contribution >= 4 is 39.9 Å². The molecule has 0 aliphatic heterocycles. The molecule has 0 saturated carbocycles. The van der Waals surface area contributed by atoms with Gasteiger partial charge in [0.1, 0.15) is 0 Å². The van der Waals surface area contributed by atoms with Crippen LogP contribution in [0.2, 0.25) is 5.02 Å². The number of nitrogens with zero attached hydrogens (tertiary/aromatic N) is 1. The third-order valence-corrected chi connectivity index (χ3v) is 3.58. The van der Waals surface area contributed by atoms with E-state index in [0.29, 0.717) is 5.69 Å². The molecule has 2 N–H and O–H groups in total. The largest absolute Gasteiger partial charge is 0.323 e. The Labute approximate surface area is 137 Å². The van der Waals surface area contributed by atoms with E-state index in [0.717, 1.165) is 16.6 Å². The second-order valence-electron chi connectivity index (χ2n) is 5.01. The number of fused-ring (bicyclic) bond motifs is 1. The number of anilines is 2. The Morgan fingerprint density at radius 1 is 1.09 bits per heavy atom. The summed E-state index contributed by atoms with van der Waals surface area (Å²) in [5.74, 6) is -0.667. The zero-order chi connectivity index (χ0) is 16.4. The minimum atomic E-state index is -0.667. The number of nitrogens with one attached hydrogen (secondary N) is 2. The molecule has 4 nitrogen and oxygen atoms in total. The van der Waals surface area contributed by atoms with Crippen molar-refractivity contribution in [1.82, 2.24) is 4.98 Å². The third-order valence-electron chi connectivity index (χ3n) is 3.29. The molecule has 0 spiro atoms. The maximum absolute atomic E-state index is 13.8. The molecule has 3 aromatic rings. The van der Waals surface area contributed by atoms with Gasteiger partial charge in [0, 0.05) is 11.1 Å². The van der Waals surface area contributed by atoms with Crippen LogP contribution in [0.5, 0.6) is 0 Å². The van der Waals surface area contributed by atoms with Crippen molar-refractivity contribution < 1.29 is 9.18 Å². The quantitative estimate of drug-likeness (QED) is 0.696. The predicted octanol–water partition coefficient (Wildman–Crippen LogP) is 4.98. The van der Waals surface area contributed by atoms with Crippen LogP contribution in [0.1, 0.15) is 5.69 Å². The van der Waals surface area contributed by atoms with Crippen molar-refractivity contribution in [3.8, 4) is 0 Å². The number of carbonyl (C=O) groups excluding carboxylic acids is 1. The van der Waals surface area contributed by atoms with Gasteiger partial charge >= 0.3 is 6.03 Å². The monoisotopic (exact) mass is 329 g/mol. The summed E-state index contributed by atoms with van der Waals surface area (Å²) in [6.07, 6.45) is 0. The maximum atomic E-state index is 13.8. The molecule has 0 atom stereocenters. The van der Waals surface area contributed by atoms with E-state index in [1.807, 2.05) is 31.2 Å². The van der Waals surface area contributed by atoms with Gasteiger partial charge in [0.25, 0.3) is 0 Å². The van der Waals surface area contributed by atoms with Crippen LogP contribution < -0.4 is 10.6 Å². The molecule has 6 heteroatoms. The summed E-state index contributed by atoms with van der Waals surface area (Å²) < 4.78 is 13.8. The Morgan fingerprint density at radius 3 is 2.65 bits per heavy atom. The van der Waals surface area contributed by atoms with Crippen LogP contribution in [0, 0.1) is 12.7 Å². The van der Waals surface area contributed by atoms with Crippen LogP contribution in [-0.2, 0) is 0 Å². The summed E-state index contributed by atoms with van der Waals surface area (Å²) in [7, 11) is 0. The average molecular weight is 330 g/mol. The van der Waals surface area contributed by atoms with Crippen molar-refractivity contribution in [1.29, 1.82) is 0 Å². The minimum Gasteiger partial charge on any atom is -0.307 e. The highest BCUT2D eigenvalue weighted by Gasteiger charge is 2.11. The van der Waals surface area contributed by atoms with E-state index in [9.17, 15) is 9.18 Å². The molecule has 23 heavy (non-hydrogen) atoms. The van der Waals surface area contributed by atoms with Gasteiger partial charge < -0.3 is 10.6 Å². The molecule has 0 aliphatic rings. The summed E-state index contributed by atoms with van der Waals surface area (Å²) in [6.45, 7) is 1.84. The Morgan fingerprint density at radius 2 is 1.83 bits per heavy atom. The molecular weight excluding hydrogens is 317 g/mol. The molecule has 3 rings (SSSR count). The minimum absolute atomic E-state index is 0.0186. The van der Waals surface area contributed by atoms with Gasteiger partial charge in [-0.05, 0) is 31.2 Å². The summed E-state index contributed by atoms with van der Waals surface area (Å²) in [5.41, 5.74) is 2.17. The molecule has 0 unspecified atom stereocenters. The van der Waals surface area contributed by atoms with E-state index < -0.39 is 11.8 Å². The van der Waals surface area contributed by atoms with Gasteiger partial charge in [-0.15, -0.1) is 0 Å². The van der Waals surface area contributed by atoms with Crippen molar-refractivity contribution in [3.05, 3.63) is 65.1 Å². The number of rotatable bonds is 2. The van der Waals surface area contributed by atoms with E-state index >= 15 is 0 Å². The van der Waals surface area contributed by atoms with Crippen LogP contribution >= 0.6 is 11.6 Å². The first-order valence-electron chi connectivity index (χ1n) is 6.93. The Kier molecular flexibility index (Phi) is 4.12. The number of amides is 2. The predicted molar refractivity (Wildman–Crippen MR) is 90.5 cm³/mol. The summed E-state index contributed by atoms with van der Waals surface area (Å²) in [4.78, 5) is 16.6. The third kappa shape index (κ3) is 3.24. The van der Waals surface area contributed by atoms with Gasteiger partial charge in [0.2, 0.25) is 0 Å². The number of hydrogen-bond donors (Lipinski definition) is 2. The van der Waals surface area contributed by atoms with E-state index in [1.54, 1.807) is 12.1 Å². The lowest BCUT2D eigenvalue weighted by Crippen LogP contribution is -2.20. The van der Waals surface area contributed by atoms with Crippen LogP contribution in [-0.4, -0.2) is 11.0 Å². The first-order chi connectivity index (χ1) is 11.0. The number of hydrogen-bond acceptors (Lipinski definition) is 2. The van der Waals surface area contributed by atoms with Crippen LogP contribution in [0.4, 0.5) is 20.6 Å². The number of urea groups is 1. The molecule has 1 aromatic heterocycles. The molecule has 2 amide bonds. The number of para-hydroxylation sites is 1. The fourth-order valence-corrected chi connectivity index (χ4v) is 2.46. The molecule has 0 saturated heterocycles. The molecule has 116 valence electrons. The zero-order valence-corrected chi connectivity index (χ0v) is 13.0. The standard InChI is InChI=1S/C17H13ClFN3O/c1-10-9-15(11-5-2-3-7-13(11)20-10)22-17(23)21-14-8-4-6-12(18)16(14)19/h2-9H,1H3,(H2,20,21,22,23). The molecule has 0 radical (unpaired) electrons. The molecule has 0 fully saturated rings. The first kappa shape index (κ1) is 15.2. The molecule has 1 heterocycles. The lowest BCUT2D eigenvalue weighted by Gasteiger charge is -2.11. The highest BCUT2D eigenvalue weighted by molar-refractivity contribution is 6.31. The van der Waals surface area contributed by atoms with Gasteiger partial charge in [0.05, 0.1) is 21.9 Å². The Bertz CT molecular complexity index is 898. The second kappa shape index (κ2) is 6.22. The molecular formula is C17H13ClFN3O. The molecule has 0 bridgehead atoms. The average Bonchev–Trinajstić information content (AvgIpc) is 2.51. The second-order valence-corrected chi connectivity index (χ2v) is 5.42. The van der Waals surface area contributed by atoms with Gasteiger partial charge in [0.15, 0.2) is 5.82 Å². The highest BCUT2D eigenvalue weighted by Crippen LogP contribution is 2.24. The van der Waals surface area contributed by atoms with Crippen LogP contribution in [0.15, 0.2) is 48.5 Å². The van der Waals surface area contributed by atoms with Crippen molar-refractivity contribution in [2.24, 2.45) is 0 Å². The van der Waals surface area contributed by atoms with Crippen molar-refractivity contribution in [2.75, 3.05) is 10.6 Å². The number of carbonyl (C=O) groups is 1. The summed E-state index contributed by atoms with van der Waals surface area (Å²) >= 11 is 5.70. The lowest BCUT2D eigenvalue weighted by molar-refractivity contribution is 0.262. The number of aromatic nitrogens is 1. The van der Waals surface area contributed by atoms with Crippen LogP contribution in [0.25, 0.3) is 10.9 Å². The van der Waals surface area contributed by atoms with Gasteiger partial charge in [-0.3, -0.25) is 4.98 Å². The number of halogens is 2. The molecule has 2 aromatic carbocycles.